The molecule has 1 aliphatic rings. The van der Waals surface area contributed by atoms with Crippen molar-refractivity contribution in [2.75, 3.05) is 13.2 Å². The molecule has 1 amide bonds. The first kappa shape index (κ1) is 20.7. The third-order valence-corrected chi connectivity index (χ3v) is 5.29. The standard InChI is InChI=1S/C25H23FN2O3/c1-2-27-22(29)15-31-25(30)23-19-7-3-4-9-21(19)28-24-17(6-5-8-20(23)24)14-16-10-12-18(26)13-11-16/h3-4,7,9-14H,2,5-6,8,15H2,1H3,(H,27,29)/b17-14-. The number of pyridine rings is 1. The number of para-hydroxylation sites is 1. The van der Waals surface area contributed by atoms with E-state index in [1.54, 1.807) is 12.1 Å². The van der Waals surface area contributed by atoms with E-state index in [1.807, 2.05) is 37.3 Å². The van der Waals surface area contributed by atoms with Crippen LogP contribution in [-0.2, 0) is 16.0 Å². The molecule has 0 spiro atoms. The predicted octanol–water partition coefficient (Wildman–Crippen LogP) is 4.54. The molecule has 1 aliphatic carbocycles. The lowest BCUT2D eigenvalue weighted by Crippen LogP contribution is -2.28. The molecule has 3 aromatic rings. The van der Waals surface area contributed by atoms with Gasteiger partial charge in [-0.15, -0.1) is 0 Å². The van der Waals surface area contributed by atoms with Crippen molar-refractivity contribution in [1.82, 2.24) is 10.3 Å². The number of aromatic nitrogens is 1. The van der Waals surface area contributed by atoms with Crippen LogP contribution in [0.2, 0.25) is 0 Å². The molecule has 6 heteroatoms. The van der Waals surface area contributed by atoms with Crippen LogP contribution in [0.4, 0.5) is 4.39 Å². The molecule has 2 aromatic carbocycles. The molecule has 31 heavy (non-hydrogen) atoms. The number of allylic oxidation sites excluding steroid dienone is 1. The lowest BCUT2D eigenvalue weighted by atomic mass is 9.86. The summed E-state index contributed by atoms with van der Waals surface area (Å²) in [7, 11) is 0. The lowest BCUT2D eigenvalue weighted by molar-refractivity contribution is -0.124. The first-order valence-electron chi connectivity index (χ1n) is 10.4. The van der Waals surface area contributed by atoms with Crippen molar-refractivity contribution in [3.05, 3.63) is 76.7 Å². The summed E-state index contributed by atoms with van der Waals surface area (Å²) >= 11 is 0. The fourth-order valence-electron chi connectivity index (χ4n) is 3.92. The Morgan fingerprint density at radius 3 is 2.68 bits per heavy atom. The maximum absolute atomic E-state index is 13.3. The van der Waals surface area contributed by atoms with Crippen molar-refractivity contribution in [1.29, 1.82) is 0 Å². The SMILES string of the molecule is CCNC(=O)COC(=O)c1c2c(nc3ccccc13)/C(=C\c1ccc(F)cc1)CCC2. The lowest BCUT2D eigenvalue weighted by Gasteiger charge is -2.22. The van der Waals surface area contributed by atoms with E-state index in [0.29, 0.717) is 29.4 Å². The average Bonchev–Trinajstić information content (AvgIpc) is 2.78. The maximum atomic E-state index is 13.3. The number of halogens is 1. The van der Waals surface area contributed by atoms with Gasteiger partial charge in [0.05, 0.1) is 16.8 Å². The van der Waals surface area contributed by atoms with Crippen LogP contribution in [0.1, 0.15) is 46.9 Å². The number of esters is 1. The maximum Gasteiger partial charge on any atom is 0.339 e. The van der Waals surface area contributed by atoms with Crippen LogP contribution in [0.25, 0.3) is 22.6 Å². The van der Waals surface area contributed by atoms with E-state index in [2.05, 4.69) is 5.32 Å². The summed E-state index contributed by atoms with van der Waals surface area (Å²) < 4.78 is 18.6. The molecule has 0 saturated carbocycles. The molecule has 0 saturated heterocycles. The number of likely N-dealkylation sites (N-methyl/N-ethyl adjacent to an activating group) is 1. The van der Waals surface area contributed by atoms with Crippen molar-refractivity contribution in [3.8, 4) is 0 Å². The van der Waals surface area contributed by atoms with E-state index < -0.39 is 5.97 Å². The van der Waals surface area contributed by atoms with E-state index >= 15 is 0 Å². The molecular formula is C25H23FN2O3. The van der Waals surface area contributed by atoms with Gasteiger partial charge in [0, 0.05) is 11.9 Å². The summed E-state index contributed by atoms with van der Waals surface area (Å²) in [6.07, 6.45) is 4.35. The van der Waals surface area contributed by atoms with Crippen molar-refractivity contribution in [2.45, 2.75) is 26.2 Å². The van der Waals surface area contributed by atoms with Crippen molar-refractivity contribution >= 4 is 34.4 Å². The van der Waals surface area contributed by atoms with Crippen molar-refractivity contribution in [3.63, 3.8) is 0 Å². The largest absolute Gasteiger partial charge is 0.452 e. The van der Waals surface area contributed by atoms with Gasteiger partial charge in [-0.05, 0) is 67.2 Å². The number of ether oxygens (including phenoxy) is 1. The third-order valence-electron chi connectivity index (χ3n) is 5.29. The molecule has 0 radical (unpaired) electrons. The number of hydrogen-bond acceptors (Lipinski definition) is 4. The van der Waals surface area contributed by atoms with Gasteiger partial charge in [0.1, 0.15) is 5.82 Å². The van der Waals surface area contributed by atoms with E-state index in [-0.39, 0.29) is 18.3 Å². The quantitative estimate of drug-likeness (QED) is 0.618. The number of hydrogen-bond donors (Lipinski definition) is 1. The summed E-state index contributed by atoms with van der Waals surface area (Å²) in [4.78, 5) is 29.7. The molecule has 0 fully saturated rings. The van der Waals surface area contributed by atoms with E-state index in [4.69, 9.17) is 9.72 Å². The Morgan fingerprint density at radius 2 is 1.90 bits per heavy atom. The molecule has 158 valence electrons. The highest BCUT2D eigenvalue weighted by Crippen LogP contribution is 2.36. The van der Waals surface area contributed by atoms with Crippen LogP contribution in [0.3, 0.4) is 0 Å². The number of benzene rings is 2. The smallest absolute Gasteiger partial charge is 0.339 e. The number of amides is 1. The molecular weight excluding hydrogens is 395 g/mol. The Labute approximate surface area is 179 Å². The molecule has 4 rings (SSSR count). The highest BCUT2D eigenvalue weighted by Gasteiger charge is 2.26. The number of fused-ring (bicyclic) bond motifs is 2. The fraction of sp³-hybridized carbons (Fsp3) is 0.240. The van der Waals surface area contributed by atoms with Crippen LogP contribution in [0, 0.1) is 5.82 Å². The summed E-state index contributed by atoms with van der Waals surface area (Å²) in [5, 5.41) is 3.34. The van der Waals surface area contributed by atoms with Gasteiger partial charge >= 0.3 is 5.97 Å². The Bertz CT molecular complexity index is 1170. The second-order valence-electron chi connectivity index (χ2n) is 7.44. The third kappa shape index (κ3) is 4.48. The zero-order valence-electron chi connectivity index (χ0n) is 17.3. The van der Waals surface area contributed by atoms with Gasteiger partial charge in [-0.1, -0.05) is 30.3 Å². The molecule has 1 N–H and O–H groups in total. The Hall–Kier alpha value is -3.54. The molecule has 0 aliphatic heterocycles. The van der Waals surface area contributed by atoms with Crippen LogP contribution in [-0.4, -0.2) is 30.0 Å². The van der Waals surface area contributed by atoms with Gasteiger partial charge in [0.25, 0.3) is 5.91 Å². The predicted molar refractivity (Wildman–Crippen MR) is 118 cm³/mol. The number of carbonyl (C=O) groups is 2. The topological polar surface area (TPSA) is 68.3 Å². The zero-order valence-corrected chi connectivity index (χ0v) is 17.3. The molecule has 1 aromatic heterocycles. The van der Waals surface area contributed by atoms with Gasteiger partial charge in [0.2, 0.25) is 0 Å². The Kier molecular flexibility index (Phi) is 6.07. The molecule has 0 unspecified atom stereocenters. The summed E-state index contributed by atoms with van der Waals surface area (Å²) in [5.41, 5.74) is 4.63. The molecule has 1 heterocycles. The highest BCUT2D eigenvalue weighted by molar-refractivity contribution is 6.07. The minimum Gasteiger partial charge on any atom is -0.452 e. The van der Waals surface area contributed by atoms with E-state index in [9.17, 15) is 14.0 Å². The van der Waals surface area contributed by atoms with Gasteiger partial charge in [-0.3, -0.25) is 4.79 Å². The molecule has 0 bridgehead atoms. The minimum atomic E-state index is -0.524. The number of nitrogens with one attached hydrogen (secondary N) is 1. The van der Waals surface area contributed by atoms with Crippen LogP contribution in [0.15, 0.2) is 48.5 Å². The summed E-state index contributed by atoms with van der Waals surface area (Å²) in [6.45, 7) is 1.96. The second kappa shape index (κ2) is 9.08. The minimum absolute atomic E-state index is 0.285. The number of nitrogens with zero attached hydrogens (tertiary/aromatic N) is 1. The van der Waals surface area contributed by atoms with Gasteiger partial charge in [-0.25, -0.2) is 14.2 Å². The monoisotopic (exact) mass is 418 g/mol. The second-order valence-corrected chi connectivity index (χ2v) is 7.44. The Morgan fingerprint density at radius 1 is 1.13 bits per heavy atom. The van der Waals surface area contributed by atoms with Gasteiger partial charge < -0.3 is 10.1 Å². The van der Waals surface area contributed by atoms with Crippen LogP contribution < -0.4 is 5.32 Å². The average molecular weight is 418 g/mol. The summed E-state index contributed by atoms with van der Waals surface area (Å²) in [6, 6.07) is 13.7. The molecule has 5 nitrogen and oxygen atoms in total. The van der Waals surface area contributed by atoms with Crippen LogP contribution in [0.5, 0.6) is 0 Å². The Balaban J connectivity index is 1.79. The molecule has 0 atom stereocenters. The van der Waals surface area contributed by atoms with Crippen molar-refractivity contribution < 1.29 is 18.7 Å². The number of rotatable bonds is 5. The van der Waals surface area contributed by atoms with Gasteiger partial charge in [0.15, 0.2) is 6.61 Å². The highest BCUT2D eigenvalue weighted by atomic mass is 19.1. The zero-order chi connectivity index (χ0) is 21.8. The fourth-order valence-corrected chi connectivity index (χ4v) is 3.92. The number of carbonyl (C=O) groups excluding carboxylic acids is 2. The van der Waals surface area contributed by atoms with Gasteiger partial charge in [-0.2, -0.15) is 0 Å². The van der Waals surface area contributed by atoms with Crippen molar-refractivity contribution in [2.24, 2.45) is 0 Å². The first-order chi connectivity index (χ1) is 15.1. The summed E-state index contributed by atoms with van der Waals surface area (Å²) in [5.74, 6) is -1.14. The van der Waals surface area contributed by atoms with E-state index in [1.165, 1.54) is 12.1 Å². The first-order valence-corrected chi connectivity index (χ1v) is 10.4. The normalized spacial score (nSPS) is 14.3. The van der Waals surface area contributed by atoms with Crippen LogP contribution >= 0.6 is 0 Å². The van der Waals surface area contributed by atoms with E-state index in [0.717, 1.165) is 35.2 Å².